The average Bonchev–Trinajstić information content (AvgIpc) is 2.84. The summed E-state index contributed by atoms with van der Waals surface area (Å²) in [6.07, 6.45) is 0.766. The minimum atomic E-state index is -0.845. The summed E-state index contributed by atoms with van der Waals surface area (Å²) in [5, 5.41) is 8.76. The van der Waals surface area contributed by atoms with Crippen LogP contribution in [0.4, 0.5) is 14.9 Å². The number of carbonyl (C=O) groups excluding carboxylic acids is 1. The number of carboxylic acids is 1. The highest BCUT2D eigenvalue weighted by atomic mass is 19.1. The molecule has 0 aromatic heterocycles. The van der Waals surface area contributed by atoms with Crippen molar-refractivity contribution in [2.75, 3.05) is 25.0 Å². The molecule has 1 unspecified atom stereocenters. The second kappa shape index (κ2) is 5.90. The Morgan fingerprint density at radius 2 is 2.25 bits per heavy atom. The van der Waals surface area contributed by atoms with E-state index in [0.29, 0.717) is 25.2 Å². The Bertz CT molecular complexity index is 521. The number of urea groups is 1. The first-order chi connectivity index (χ1) is 9.47. The molecule has 5 nitrogen and oxygen atoms in total. The monoisotopic (exact) mass is 280 g/mol. The summed E-state index contributed by atoms with van der Waals surface area (Å²) in [7, 11) is 1.58. The van der Waals surface area contributed by atoms with Crippen LogP contribution in [0.2, 0.25) is 0 Å². The summed E-state index contributed by atoms with van der Waals surface area (Å²) in [5.74, 6) is -1.24. The van der Waals surface area contributed by atoms with Crippen LogP contribution < -0.4 is 4.90 Å². The molecule has 20 heavy (non-hydrogen) atoms. The Hall–Kier alpha value is -2.11. The first-order valence-electron chi connectivity index (χ1n) is 6.47. The van der Waals surface area contributed by atoms with E-state index in [1.807, 2.05) is 0 Å². The summed E-state index contributed by atoms with van der Waals surface area (Å²) in [6.45, 7) is 0.973. The fourth-order valence-corrected chi connectivity index (χ4v) is 2.43. The number of benzene rings is 1. The molecule has 0 spiro atoms. The van der Waals surface area contributed by atoms with E-state index in [1.165, 1.54) is 17.0 Å². The van der Waals surface area contributed by atoms with Crippen molar-refractivity contribution < 1.29 is 19.1 Å². The lowest BCUT2D eigenvalue weighted by Crippen LogP contribution is -2.40. The standard InChI is InChI=1S/C14H17FN2O3/c1-16(12-4-2-3-11(15)8-12)14(20)17-6-5-10(9-17)7-13(18)19/h2-4,8,10H,5-7,9H2,1H3,(H,18,19). The van der Waals surface area contributed by atoms with Crippen molar-refractivity contribution in [1.82, 2.24) is 4.90 Å². The number of amides is 2. The Labute approximate surface area is 116 Å². The van der Waals surface area contributed by atoms with E-state index in [4.69, 9.17) is 5.11 Å². The summed E-state index contributed by atoms with van der Waals surface area (Å²) in [5.41, 5.74) is 0.483. The number of carbonyl (C=O) groups is 2. The van der Waals surface area contributed by atoms with Gasteiger partial charge in [0.1, 0.15) is 5.82 Å². The molecular weight excluding hydrogens is 263 g/mol. The van der Waals surface area contributed by atoms with E-state index in [2.05, 4.69) is 0 Å². The predicted molar refractivity (Wildman–Crippen MR) is 72.1 cm³/mol. The number of nitrogens with zero attached hydrogens (tertiary/aromatic N) is 2. The van der Waals surface area contributed by atoms with Crippen molar-refractivity contribution in [3.8, 4) is 0 Å². The second-order valence-electron chi connectivity index (χ2n) is 5.02. The van der Waals surface area contributed by atoms with E-state index in [1.54, 1.807) is 24.1 Å². The molecule has 2 rings (SSSR count). The molecule has 0 aliphatic carbocycles. The summed E-state index contributed by atoms with van der Waals surface area (Å²) in [4.78, 5) is 25.9. The van der Waals surface area contributed by atoms with Gasteiger partial charge < -0.3 is 10.0 Å². The van der Waals surface area contributed by atoms with Gasteiger partial charge >= 0.3 is 12.0 Å². The minimum absolute atomic E-state index is 0.00244. The van der Waals surface area contributed by atoms with Gasteiger partial charge in [0.05, 0.1) is 0 Å². The van der Waals surface area contributed by atoms with Crippen LogP contribution >= 0.6 is 0 Å². The Morgan fingerprint density at radius 1 is 1.50 bits per heavy atom. The van der Waals surface area contributed by atoms with E-state index in [9.17, 15) is 14.0 Å². The van der Waals surface area contributed by atoms with Gasteiger partial charge in [-0.05, 0) is 30.5 Å². The number of hydrogen-bond donors (Lipinski definition) is 1. The third kappa shape index (κ3) is 3.26. The molecule has 2 amide bonds. The molecule has 1 N–H and O–H groups in total. The molecule has 1 aliphatic rings. The van der Waals surface area contributed by atoms with E-state index >= 15 is 0 Å². The molecule has 1 aromatic rings. The van der Waals surface area contributed by atoms with Crippen molar-refractivity contribution in [1.29, 1.82) is 0 Å². The number of anilines is 1. The van der Waals surface area contributed by atoms with Crippen molar-refractivity contribution in [2.45, 2.75) is 12.8 Å². The van der Waals surface area contributed by atoms with Crippen LogP contribution in [0.1, 0.15) is 12.8 Å². The first kappa shape index (κ1) is 14.3. The highest BCUT2D eigenvalue weighted by Gasteiger charge is 2.29. The van der Waals surface area contributed by atoms with Crippen molar-refractivity contribution in [3.63, 3.8) is 0 Å². The Balaban J connectivity index is 2.00. The van der Waals surface area contributed by atoms with Crippen LogP contribution in [0.15, 0.2) is 24.3 Å². The van der Waals surface area contributed by atoms with Crippen molar-refractivity contribution >= 4 is 17.7 Å². The number of rotatable bonds is 3. The van der Waals surface area contributed by atoms with Crippen LogP contribution in [0.5, 0.6) is 0 Å². The zero-order valence-electron chi connectivity index (χ0n) is 11.3. The molecule has 1 saturated heterocycles. The smallest absolute Gasteiger partial charge is 0.324 e. The molecule has 0 saturated carbocycles. The van der Waals surface area contributed by atoms with Gasteiger partial charge in [0.25, 0.3) is 0 Å². The highest BCUT2D eigenvalue weighted by molar-refractivity contribution is 5.91. The number of halogens is 1. The topological polar surface area (TPSA) is 60.9 Å². The van der Waals surface area contributed by atoms with Gasteiger partial charge in [-0.2, -0.15) is 0 Å². The van der Waals surface area contributed by atoms with Crippen molar-refractivity contribution in [3.05, 3.63) is 30.1 Å². The maximum Gasteiger partial charge on any atom is 0.324 e. The van der Waals surface area contributed by atoms with Gasteiger partial charge in [0.15, 0.2) is 0 Å². The predicted octanol–water partition coefficient (Wildman–Crippen LogP) is 2.18. The largest absolute Gasteiger partial charge is 0.481 e. The number of hydrogen-bond acceptors (Lipinski definition) is 2. The van der Waals surface area contributed by atoms with Crippen molar-refractivity contribution in [2.24, 2.45) is 5.92 Å². The van der Waals surface area contributed by atoms with Crippen LogP contribution in [-0.2, 0) is 4.79 Å². The van der Waals surface area contributed by atoms with Crippen LogP contribution in [0, 0.1) is 11.7 Å². The van der Waals surface area contributed by atoms with E-state index in [0.717, 1.165) is 0 Å². The third-order valence-electron chi connectivity index (χ3n) is 3.50. The number of aliphatic carboxylic acids is 1. The van der Waals surface area contributed by atoms with Crippen LogP contribution in [-0.4, -0.2) is 42.1 Å². The van der Waals surface area contributed by atoms with Gasteiger partial charge in [-0.15, -0.1) is 0 Å². The second-order valence-corrected chi connectivity index (χ2v) is 5.02. The minimum Gasteiger partial charge on any atom is -0.481 e. The molecule has 1 aromatic carbocycles. The van der Waals surface area contributed by atoms with Gasteiger partial charge in [-0.1, -0.05) is 6.07 Å². The molecule has 1 fully saturated rings. The molecule has 1 heterocycles. The molecule has 6 heteroatoms. The van der Waals surface area contributed by atoms with E-state index in [-0.39, 0.29) is 18.4 Å². The molecule has 0 radical (unpaired) electrons. The molecule has 108 valence electrons. The Morgan fingerprint density at radius 3 is 2.90 bits per heavy atom. The number of carboxylic acid groups (broad SMARTS) is 1. The summed E-state index contributed by atoms with van der Waals surface area (Å²) >= 11 is 0. The normalized spacial score (nSPS) is 18.1. The molecule has 1 atom stereocenters. The molecule has 1 aliphatic heterocycles. The fourth-order valence-electron chi connectivity index (χ4n) is 2.43. The molecule has 0 bridgehead atoms. The summed E-state index contributed by atoms with van der Waals surface area (Å²) < 4.78 is 13.2. The van der Waals surface area contributed by atoms with Gasteiger partial charge in [0, 0.05) is 32.2 Å². The Kier molecular flexibility index (Phi) is 4.22. The lowest BCUT2D eigenvalue weighted by atomic mass is 10.1. The quantitative estimate of drug-likeness (QED) is 0.923. The highest BCUT2D eigenvalue weighted by Crippen LogP contribution is 2.22. The fraction of sp³-hybridized carbons (Fsp3) is 0.429. The zero-order valence-corrected chi connectivity index (χ0v) is 11.3. The SMILES string of the molecule is CN(C(=O)N1CCC(CC(=O)O)C1)c1cccc(F)c1. The molecular formula is C14H17FN2O3. The zero-order chi connectivity index (χ0) is 14.7. The maximum absolute atomic E-state index is 13.2. The lowest BCUT2D eigenvalue weighted by molar-refractivity contribution is -0.138. The van der Waals surface area contributed by atoms with E-state index < -0.39 is 11.8 Å². The van der Waals surface area contributed by atoms with Crippen LogP contribution in [0.25, 0.3) is 0 Å². The van der Waals surface area contributed by atoms with Gasteiger partial charge in [-0.25, -0.2) is 9.18 Å². The van der Waals surface area contributed by atoms with Gasteiger partial charge in [0.2, 0.25) is 0 Å². The first-order valence-corrected chi connectivity index (χ1v) is 6.47. The average molecular weight is 280 g/mol. The third-order valence-corrected chi connectivity index (χ3v) is 3.50. The maximum atomic E-state index is 13.2. The summed E-state index contributed by atoms with van der Waals surface area (Å²) in [6, 6.07) is 5.59. The van der Waals surface area contributed by atoms with Gasteiger partial charge in [-0.3, -0.25) is 9.69 Å². The lowest BCUT2D eigenvalue weighted by Gasteiger charge is -2.24. The van der Waals surface area contributed by atoms with Crippen LogP contribution in [0.3, 0.4) is 0 Å². The number of likely N-dealkylation sites (tertiary alicyclic amines) is 1.